The molecule has 1 saturated carbocycles. The Morgan fingerprint density at radius 3 is 2.94 bits per heavy atom. The lowest BCUT2D eigenvalue weighted by Crippen LogP contribution is -2.31. The summed E-state index contributed by atoms with van der Waals surface area (Å²) < 4.78 is 0. The second kappa shape index (κ2) is 5.78. The van der Waals surface area contributed by atoms with Crippen molar-refractivity contribution in [3.8, 4) is 0 Å². The quantitative estimate of drug-likeness (QED) is 0.823. The zero-order valence-electron chi connectivity index (χ0n) is 10.3. The molecular weight excluding hydrogens is 216 g/mol. The zero-order valence-corrected chi connectivity index (χ0v) is 11.1. The fourth-order valence-electron chi connectivity index (χ4n) is 2.25. The molecule has 3 heteroatoms. The van der Waals surface area contributed by atoms with Crippen LogP contribution in [0.2, 0.25) is 0 Å². The van der Waals surface area contributed by atoms with Crippen LogP contribution in [-0.4, -0.2) is 17.6 Å². The summed E-state index contributed by atoms with van der Waals surface area (Å²) in [6, 6.07) is 0.673. The predicted molar refractivity (Wildman–Crippen MR) is 70.0 cm³/mol. The van der Waals surface area contributed by atoms with Crippen molar-refractivity contribution in [2.75, 3.05) is 6.54 Å². The van der Waals surface area contributed by atoms with Gasteiger partial charge < -0.3 is 5.32 Å². The molecule has 1 atom stereocenters. The molecule has 0 aliphatic heterocycles. The number of rotatable bonds is 6. The number of hydrogen-bond acceptors (Lipinski definition) is 3. The molecule has 0 radical (unpaired) electrons. The van der Waals surface area contributed by atoms with Gasteiger partial charge in [0.2, 0.25) is 0 Å². The highest BCUT2D eigenvalue weighted by molar-refractivity contribution is 7.11. The molecule has 90 valence electrons. The van der Waals surface area contributed by atoms with Crippen LogP contribution < -0.4 is 5.32 Å². The third kappa shape index (κ3) is 3.56. The molecule has 1 aromatic rings. The van der Waals surface area contributed by atoms with E-state index in [1.165, 1.54) is 35.6 Å². The Labute approximate surface area is 102 Å². The van der Waals surface area contributed by atoms with Crippen LogP contribution in [0.25, 0.3) is 0 Å². The Bertz CT molecular complexity index is 317. The highest BCUT2D eigenvalue weighted by Gasteiger charge is 2.19. The van der Waals surface area contributed by atoms with Gasteiger partial charge in [-0.15, -0.1) is 11.3 Å². The fourth-order valence-corrected chi connectivity index (χ4v) is 3.04. The number of nitrogens with one attached hydrogen (secondary N) is 1. The van der Waals surface area contributed by atoms with Crippen LogP contribution in [0.5, 0.6) is 0 Å². The topological polar surface area (TPSA) is 24.9 Å². The van der Waals surface area contributed by atoms with Gasteiger partial charge in [0.25, 0.3) is 0 Å². The first-order valence-electron chi connectivity index (χ1n) is 6.38. The van der Waals surface area contributed by atoms with Crippen molar-refractivity contribution in [1.29, 1.82) is 0 Å². The molecule has 1 unspecified atom stereocenters. The van der Waals surface area contributed by atoms with E-state index in [1.54, 1.807) is 0 Å². The van der Waals surface area contributed by atoms with Crippen LogP contribution in [0.3, 0.4) is 0 Å². The molecule has 0 amide bonds. The monoisotopic (exact) mass is 238 g/mol. The maximum atomic E-state index is 4.38. The van der Waals surface area contributed by atoms with Crippen molar-refractivity contribution in [3.05, 3.63) is 16.1 Å². The average molecular weight is 238 g/mol. The van der Waals surface area contributed by atoms with Gasteiger partial charge in [-0.05, 0) is 26.2 Å². The second-order valence-corrected chi connectivity index (χ2v) is 6.32. The molecule has 1 heterocycles. The van der Waals surface area contributed by atoms with Crippen molar-refractivity contribution >= 4 is 11.3 Å². The van der Waals surface area contributed by atoms with E-state index >= 15 is 0 Å². The van der Waals surface area contributed by atoms with Crippen molar-refractivity contribution in [3.63, 3.8) is 0 Å². The molecule has 1 N–H and O–H groups in total. The lowest BCUT2D eigenvalue weighted by atomic mass is 9.81. The van der Waals surface area contributed by atoms with Crippen LogP contribution in [0, 0.1) is 12.8 Å². The first-order valence-corrected chi connectivity index (χ1v) is 7.20. The summed E-state index contributed by atoms with van der Waals surface area (Å²) in [5, 5.41) is 4.87. The van der Waals surface area contributed by atoms with Gasteiger partial charge in [-0.3, -0.25) is 0 Å². The maximum absolute atomic E-state index is 4.38. The van der Waals surface area contributed by atoms with Crippen molar-refractivity contribution in [1.82, 2.24) is 10.3 Å². The molecule has 0 saturated heterocycles. The molecule has 0 bridgehead atoms. The first-order chi connectivity index (χ1) is 7.74. The van der Waals surface area contributed by atoms with Gasteiger partial charge in [0, 0.05) is 30.1 Å². The minimum absolute atomic E-state index is 0.673. The van der Waals surface area contributed by atoms with Gasteiger partial charge in [0.1, 0.15) is 0 Å². The van der Waals surface area contributed by atoms with Crippen molar-refractivity contribution < 1.29 is 0 Å². The molecule has 2 nitrogen and oxygen atoms in total. The molecule has 1 aromatic heterocycles. The lowest BCUT2D eigenvalue weighted by molar-refractivity contribution is 0.266. The highest BCUT2D eigenvalue weighted by Crippen LogP contribution is 2.30. The number of nitrogens with zero attached hydrogens (tertiary/aromatic N) is 1. The largest absolute Gasteiger partial charge is 0.314 e. The van der Waals surface area contributed by atoms with Gasteiger partial charge in [0.05, 0.1) is 5.01 Å². The summed E-state index contributed by atoms with van der Waals surface area (Å²) in [6.07, 6.45) is 8.77. The van der Waals surface area contributed by atoms with Crippen LogP contribution in [0.4, 0.5) is 0 Å². The van der Waals surface area contributed by atoms with E-state index < -0.39 is 0 Å². The van der Waals surface area contributed by atoms with E-state index in [4.69, 9.17) is 0 Å². The Kier molecular flexibility index (Phi) is 4.36. The molecule has 0 aromatic carbocycles. The average Bonchev–Trinajstić information content (AvgIpc) is 2.58. The van der Waals surface area contributed by atoms with Crippen molar-refractivity contribution in [2.24, 2.45) is 5.92 Å². The molecule has 0 spiro atoms. The summed E-state index contributed by atoms with van der Waals surface area (Å²) >= 11 is 1.82. The minimum atomic E-state index is 0.673. The summed E-state index contributed by atoms with van der Waals surface area (Å²) in [5.41, 5.74) is 0. The van der Waals surface area contributed by atoms with Gasteiger partial charge in [-0.1, -0.05) is 19.3 Å². The standard InChI is InChI=1S/C13H22N2S/c1-10(8-12-4-3-5-12)14-7-6-13-15-9-11(2)16-13/h9-10,12,14H,3-8H2,1-2H3. The van der Waals surface area contributed by atoms with Gasteiger partial charge in [0.15, 0.2) is 0 Å². The second-order valence-electron chi connectivity index (χ2n) is 5.00. The smallest absolute Gasteiger partial charge is 0.0940 e. The van der Waals surface area contributed by atoms with E-state index in [0.29, 0.717) is 6.04 Å². The first kappa shape index (κ1) is 12.1. The zero-order chi connectivity index (χ0) is 11.4. The molecule has 1 aliphatic rings. The van der Waals surface area contributed by atoms with Gasteiger partial charge in [-0.2, -0.15) is 0 Å². The van der Waals surface area contributed by atoms with E-state index in [1.807, 2.05) is 17.5 Å². The van der Waals surface area contributed by atoms with E-state index in [2.05, 4.69) is 24.1 Å². The number of thiazole rings is 1. The van der Waals surface area contributed by atoms with E-state index in [-0.39, 0.29) is 0 Å². The lowest BCUT2D eigenvalue weighted by Gasteiger charge is -2.28. The Hall–Kier alpha value is -0.410. The van der Waals surface area contributed by atoms with Gasteiger partial charge in [-0.25, -0.2) is 4.98 Å². The fraction of sp³-hybridized carbons (Fsp3) is 0.769. The number of aromatic nitrogens is 1. The molecule has 16 heavy (non-hydrogen) atoms. The third-order valence-electron chi connectivity index (χ3n) is 3.41. The summed E-state index contributed by atoms with van der Waals surface area (Å²) in [6.45, 7) is 5.50. The molecule has 2 rings (SSSR count). The van der Waals surface area contributed by atoms with Crippen molar-refractivity contribution in [2.45, 2.75) is 52.0 Å². The van der Waals surface area contributed by atoms with E-state index in [9.17, 15) is 0 Å². The molecule has 1 aliphatic carbocycles. The normalized spacial score (nSPS) is 18.4. The van der Waals surface area contributed by atoms with E-state index in [0.717, 1.165) is 18.9 Å². The molecular formula is C13H22N2S. The Morgan fingerprint density at radius 2 is 2.38 bits per heavy atom. The minimum Gasteiger partial charge on any atom is -0.314 e. The van der Waals surface area contributed by atoms with Crippen LogP contribution in [-0.2, 0) is 6.42 Å². The highest BCUT2D eigenvalue weighted by atomic mass is 32.1. The number of aryl methyl sites for hydroxylation is 1. The maximum Gasteiger partial charge on any atom is 0.0940 e. The summed E-state index contributed by atoms with van der Waals surface area (Å²) in [5.74, 6) is 1.00. The van der Waals surface area contributed by atoms with Crippen LogP contribution in [0.15, 0.2) is 6.20 Å². The molecule has 1 fully saturated rings. The predicted octanol–water partition coefficient (Wildman–Crippen LogP) is 3.16. The number of hydrogen-bond donors (Lipinski definition) is 1. The van der Waals surface area contributed by atoms with Gasteiger partial charge >= 0.3 is 0 Å². The Morgan fingerprint density at radius 1 is 1.56 bits per heavy atom. The Balaban J connectivity index is 1.59. The SMILES string of the molecule is Cc1cnc(CCNC(C)CC2CCC2)s1. The van der Waals surface area contributed by atoms with Crippen LogP contribution in [0.1, 0.15) is 42.5 Å². The third-order valence-corrected chi connectivity index (χ3v) is 4.38. The summed E-state index contributed by atoms with van der Waals surface area (Å²) in [7, 11) is 0. The van der Waals surface area contributed by atoms with Crippen LogP contribution >= 0.6 is 11.3 Å². The summed E-state index contributed by atoms with van der Waals surface area (Å²) in [4.78, 5) is 5.70.